The highest BCUT2D eigenvalue weighted by Crippen LogP contribution is 2.26. The minimum atomic E-state index is -1.21. The van der Waals surface area contributed by atoms with Gasteiger partial charge in [-0.05, 0) is 35.6 Å². The van der Waals surface area contributed by atoms with Gasteiger partial charge in [0.15, 0.2) is 6.10 Å². The molecule has 0 aliphatic carbocycles. The Kier molecular flexibility index (Phi) is 14.1. The predicted octanol–water partition coefficient (Wildman–Crippen LogP) is 4.50. The molecule has 3 N–H and O–H groups in total. The first kappa shape index (κ1) is 36.6. The smallest absolute Gasteiger partial charge is 0.347 e. The molecule has 1 fully saturated rings. The number of aliphatic hydroxyl groups is 1. The molecule has 2 amide bonds. The second kappa shape index (κ2) is 17.7. The molecule has 0 spiro atoms. The van der Waals surface area contributed by atoms with Crippen molar-refractivity contribution in [1.82, 2.24) is 10.6 Å². The number of rotatable bonds is 10. The van der Waals surface area contributed by atoms with Crippen molar-refractivity contribution in [2.75, 3.05) is 13.7 Å². The molecule has 0 saturated carbocycles. The van der Waals surface area contributed by atoms with Crippen LogP contribution in [0.15, 0.2) is 54.6 Å². The van der Waals surface area contributed by atoms with Crippen LogP contribution in [-0.2, 0) is 35.1 Å². The number of carbonyl (C=O) groups excluding carboxylic acids is 4. The summed E-state index contributed by atoms with van der Waals surface area (Å²) in [6.45, 7) is 7.08. The number of hydrogen-bond donors (Lipinski definition) is 3. The van der Waals surface area contributed by atoms with Crippen LogP contribution in [0.4, 0.5) is 0 Å². The number of amides is 2. The molecule has 1 aliphatic rings. The lowest BCUT2D eigenvalue weighted by Crippen LogP contribution is -2.50. The van der Waals surface area contributed by atoms with Crippen molar-refractivity contribution in [3.05, 3.63) is 70.8 Å². The van der Waals surface area contributed by atoms with E-state index in [1.54, 1.807) is 25.1 Å². The Morgan fingerprint density at radius 3 is 2.39 bits per heavy atom. The third-order valence-electron chi connectivity index (χ3n) is 7.70. The number of aliphatic hydroxyl groups excluding tert-OH is 1. The summed E-state index contributed by atoms with van der Waals surface area (Å²) in [4.78, 5) is 53.1. The first-order chi connectivity index (χ1) is 21.9. The van der Waals surface area contributed by atoms with Gasteiger partial charge >= 0.3 is 11.9 Å². The zero-order valence-corrected chi connectivity index (χ0v) is 27.8. The number of ether oxygens (including phenoxy) is 3. The van der Waals surface area contributed by atoms with Crippen molar-refractivity contribution in [3.63, 3.8) is 0 Å². The molecule has 1 saturated heterocycles. The van der Waals surface area contributed by atoms with Crippen LogP contribution in [0.1, 0.15) is 58.1 Å². The van der Waals surface area contributed by atoms with Gasteiger partial charge in [-0.1, -0.05) is 87.8 Å². The molecular weight excluding hydrogens is 612 g/mol. The Bertz CT molecular complexity index is 1370. The lowest BCUT2D eigenvalue weighted by atomic mass is 9.96. The standard InChI is InChI=1S/C35H45ClN2O8/c1-21(2)15-31-35(43)45-26(18-29(39)22(3)11-12-24-9-7-6-8-10-24)19-32(40)38-28(33(41)37-20-23(4)34(42)46-31)17-25-13-14-30(44-5)27(36)16-25/h6-14,16,21-23,26,28-29,31,39H,15,17-20H2,1-5H3,(H,37,41)(H,38,40)/b12-11+/t22-,23-,26-,28-,29+,31+/m1/s1. The second-order valence-corrected chi connectivity index (χ2v) is 12.6. The largest absolute Gasteiger partial charge is 0.495 e. The Hall–Kier alpha value is -3.89. The number of cyclic esters (lactones) is 2. The van der Waals surface area contributed by atoms with Gasteiger partial charge in [-0.3, -0.25) is 14.4 Å². The van der Waals surface area contributed by atoms with Crippen molar-refractivity contribution in [2.45, 2.75) is 77.7 Å². The SMILES string of the molecule is COc1ccc(C[C@H]2NC(=O)C[C@@H](C[C@H](O)[C@H](C)/C=C/c3ccccc3)OC(=O)[C@H](CC(C)C)OC(=O)[C@H](C)CNC2=O)cc1Cl. The molecule has 0 bridgehead atoms. The molecule has 1 heterocycles. The van der Waals surface area contributed by atoms with Gasteiger partial charge in [0.25, 0.3) is 0 Å². The molecule has 0 aromatic heterocycles. The molecular formula is C35H45ClN2O8. The van der Waals surface area contributed by atoms with Gasteiger partial charge in [-0.25, -0.2) is 4.79 Å². The number of nitrogens with one attached hydrogen (secondary N) is 2. The van der Waals surface area contributed by atoms with E-state index >= 15 is 0 Å². The average Bonchev–Trinajstić information content (AvgIpc) is 3.01. The zero-order valence-electron chi connectivity index (χ0n) is 27.0. The summed E-state index contributed by atoms with van der Waals surface area (Å²) in [5.41, 5.74) is 1.62. The summed E-state index contributed by atoms with van der Waals surface area (Å²) < 4.78 is 16.6. The van der Waals surface area contributed by atoms with Gasteiger partial charge in [0.2, 0.25) is 11.8 Å². The number of carbonyl (C=O) groups is 4. The number of hydrogen-bond acceptors (Lipinski definition) is 8. The van der Waals surface area contributed by atoms with Crippen molar-refractivity contribution in [3.8, 4) is 5.75 Å². The van der Waals surface area contributed by atoms with E-state index in [1.807, 2.05) is 63.3 Å². The third-order valence-corrected chi connectivity index (χ3v) is 7.99. The minimum Gasteiger partial charge on any atom is -0.495 e. The van der Waals surface area contributed by atoms with Crippen LogP contribution in [0.25, 0.3) is 6.08 Å². The molecule has 250 valence electrons. The van der Waals surface area contributed by atoms with E-state index in [2.05, 4.69) is 10.6 Å². The Morgan fingerprint density at radius 1 is 1.02 bits per heavy atom. The van der Waals surface area contributed by atoms with E-state index in [1.165, 1.54) is 7.11 Å². The number of benzene rings is 2. The molecule has 2 aromatic rings. The molecule has 0 radical (unpaired) electrons. The Labute approximate surface area is 275 Å². The quantitative estimate of drug-likeness (QED) is 0.318. The summed E-state index contributed by atoms with van der Waals surface area (Å²) in [5.74, 6) is -3.21. The minimum absolute atomic E-state index is 0.0121. The number of esters is 2. The van der Waals surface area contributed by atoms with Crippen molar-refractivity contribution >= 4 is 41.4 Å². The first-order valence-corrected chi connectivity index (χ1v) is 16.0. The van der Waals surface area contributed by atoms with Gasteiger partial charge in [0.05, 0.1) is 30.6 Å². The monoisotopic (exact) mass is 656 g/mol. The van der Waals surface area contributed by atoms with Gasteiger partial charge in [-0.2, -0.15) is 0 Å². The summed E-state index contributed by atoms with van der Waals surface area (Å²) in [7, 11) is 1.49. The van der Waals surface area contributed by atoms with Gasteiger partial charge in [0, 0.05) is 25.3 Å². The van der Waals surface area contributed by atoms with Crippen LogP contribution < -0.4 is 15.4 Å². The first-order valence-electron chi connectivity index (χ1n) is 15.6. The topological polar surface area (TPSA) is 140 Å². The molecule has 11 heteroatoms. The molecule has 6 atom stereocenters. The maximum atomic E-state index is 13.4. The van der Waals surface area contributed by atoms with Crippen LogP contribution in [0.2, 0.25) is 5.02 Å². The van der Waals surface area contributed by atoms with Crippen molar-refractivity contribution in [2.24, 2.45) is 17.8 Å². The van der Waals surface area contributed by atoms with Crippen molar-refractivity contribution < 1.29 is 38.5 Å². The fraction of sp³-hybridized carbons (Fsp3) is 0.486. The Balaban J connectivity index is 1.87. The fourth-order valence-corrected chi connectivity index (χ4v) is 5.21. The van der Waals surface area contributed by atoms with Crippen LogP contribution in [-0.4, -0.2) is 66.9 Å². The summed E-state index contributed by atoms with van der Waals surface area (Å²) >= 11 is 6.29. The van der Waals surface area contributed by atoms with E-state index in [0.29, 0.717) is 16.3 Å². The van der Waals surface area contributed by atoms with Gasteiger partial charge < -0.3 is 30.0 Å². The second-order valence-electron chi connectivity index (χ2n) is 12.2. The molecule has 0 unspecified atom stereocenters. The van der Waals surface area contributed by atoms with Crippen LogP contribution in [0.5, 0.6) is 5.75 Å². The highest BCUT2D eigenvalue weighted by atomic mass is 35.5. The molecule has 10 nitrogen and oxygen atoms in total. The summed E-state index contributed by atoms with van der Waals surface area (Å²) in [6, 6.07) is 13.6. The van der Waals surface area contributed by atoms with E-state index in [9.17, 15) is 24.3 Å². The normalized spacial score (nSPS) is 23.1. The van der Waals surface area contributed by atoms with E-state index in [4.69, 9.17) is 25.8 Å². The van der Waals surface area contributed by atoms with E-state index in [-0.39, 0.29) is 44.1 Å². The lowest BCUT2D eigenvalue weighted by Gasteiger charge is -2.28. The zero-order chi connectivity index (χ0) is 33.8. The van der Waals surface area contributed by atoms with E-state index in [0.717, 1.165) is 5.56 Å². The van der Waals surface area contributed by atoms with Crippen LogP contribution in [0.3, 0.4) is 0 Å². The molecule has 3 rings (SSSR count). The average molecular weight is 657 g/mol. The molecule has 2 aromatic carbocycles. The van der Waals surface area contributed by atoms with Gasteiger partial charge in [0.1, 0.15) is 17.9 Å². The number of methoxy groups -OCH3 is 1. The summed E-state index contributed by atoms with van der Waals surface area (Å²) in [6.07, 6.45) is 0.369. The maximum Gasteiger partial charge on any atom is 0.347 e. The highest BCUT2D eigenvalue weighted by Gasteiger charge is 2.33. The third kappa shape index (κ3) is 11.5. The summed E-state index contributed by atoms with van der Waals surface area (Å²) in [5, 5.41) is 16.9. The highest BCUT2D eigenvalue weighted by molar-refractivity contribution is 6.32. The number of halogens is 1. The maximum absolute atomic E-state index is 13.4. The Morgan fingerprint density at radius 2 is 1.74 bits per heavy atom. The molecule has 46 heavy (non-hydrogen) atoms. The van der Waals surface area contributed by atoms with E-state index < -0.39 is 54.0 Å². The molecule has 1 aliphatic heterocycles. The predicted molar refractivity (Wildman–Crippen MR) is 175 cm³/mol. The van der Waals surface area contributed by atoms with Crippen molar-refractivity contribution in [1.29, 1.82) is 0 Å². The van der Waals surface area contributed by atoms with Gasteiger partial charge in [-0.15, -0.1) is 0 Å². The van der Waals surface area contributed by atoms with Crippen LogP contribution >= 0.6 is 11.6 Å². The lowest BCUT2D eigenvalue weighted by molar-refractivity contribution is -0.176. The fourth-order valence-electron chi connectivity index (χ4n) is 4.93. The van der Waals surface area contributed by atoms with Crippen LogP contribution in [0, 0.1) is 17.8 Å².